The molecule has 2 heterocycles. The standard InChI is InChI=1S/C25H21N2O2.CHF3O3S/c1-2-29-25(28)23-18-21(19-11-5-3-6-12-19)17-22(20-13-7-4-8-14-20)27(23)24-15-9-10-16-26-24;2-1(3,4)8(5,6)7/h3-18H,2H2,1H3;(H,5,6,7)/q+1;/p-1. The Labute approximate surface area is 211 Å². The highest BCUT2D eigenvalue weighted by molar-refractivity contribution is 7.86. The normalized spacial score (nSPS) is 11.3. The van der Waals surface area contributed by atoms with Crippen LogP contribution < -0.4 is 4.57 Å². The number of esters is 1. The second-order valence-corrected chi connectivity index (χ2v) is 8.76. The van der Waals surface area contributed by atoms with Crippen LogP contribution in [-0.4, -0.2) is 36.0 Å². The number of ether oxygens (including phenoxy) is 1. The van der Waals surface area contributed by atoms with Crippen molar-refractivity contribution in [3.05, 3.63) is 103 Å². The van der Waals surface area contributed by atoms with Crippen LogP contribution in [0.4, 0.5) is 13.2 Å². The predicted molar refractivity (Wildman–Crippen MR) is 128 cm³/mol. The minimum atomic E-state index is -6.09. The molecule has 0 aliphatic heterocycles. The summed E-state index contributed by atoms with van der Waals surface area (Å²) < 4.78 is 66.1. The number of carbonyl (C=O) groups excluding carboxylic acids is 1. The molecule has 0 amide bonds. The molecule has 0 aliphatic carbocycles. The molecule has 0 saturated heterocycles. The maximum Gasteiger partial charge on any atom is 0.485 e. The van der Waals surface area contributed by atoms with Gasteiger partial charge in [-0.15, -0.1) is 0 Å². The lowest BCUT2D eigenvalue weighted by Gasteiger charge is -2.13. The van der Waals surface area contributed by atoms with Crippen molar-refractivity contribution in [2.75, 3.05) is 6.61 Å². The molecule has 37 heavy (non-hydrogen) atoms. The summed E-state index contributed by atoms with van der Waals surface area (Å²) in [5.41, 5.74) is -1.38. The molecule has 0 fully saturated rings. The number of benzene rings is 2. The van der Waals surface area contributed by atoms with Gasteiger partial charge in [-0.2, -0.15) is 17.7 Å². The Kier molecular flexibility index (Phi) is 8.74. The molecular weight excluding hydrogens is 509 g/mol. The van der Waals surface area contributed by atoms with Gasteiger partial charge in [-0.1, -0.05) is 66.7 Å². The number of alkyl halides is 3. The van der Waals surface area contributed by atoms with E-state index in [1.807, 2.05) is 96.4 Å². The summed E-state index contributed by atoms with van der Waals surface area (Å²) in [7, 11) is -6.09. The molecule has 4 aromatic rings. The molecule has 0 saturated carbocycles. The van der Waals surface area contributed by atoms with Gasteiger partial charge >= 0.3 is 17.3 Å². The molecule has 0 radical (unpaired) electrons. The van der Waals surface area contributed by atoms with E-state index in [2.05, 4.69) is 11.1 Å². The Morgan fingerprint density at radius 3 is 1.92 bits per heavy atom. The largest absolute Gasteiger partial charge is 0.741 e. The summed E-state index contributed by atoms with van der Waals surface area (Å²) in [5.74, 6) is 0.280. The van der Waals surface area contributed by atoms with E-state index in [0.29, 0.717) is 18.1 Å². The first-order chi connectivity index (χ1) is 17.5. The molecule has 0 unspecified atom stereocenters. The van der Waals surface area contributed by atoms with E-state index in [-0.39, 0.29) is 5.97 Å². The quantitative estimate of drug-likeness (QED) is 0.157. The fourth-order valence-electron chi connectivity index (χ4n) is 3.30. The number of hydrogen-bond acceptors (Lipinski definition) is 6. The zero-order valence-corrected chi connectivity index (χ0v) is 20.2. The first-order valence-electron chi connectivity index (χ1n) is 10.8. The molecule has 7 nitrogen and oxygen atoms in total. The highest BCUT2D eigenvalue weighted by Crippen LogP contribution is 2.26. The van der Waals surface area contributed by atoms with Crippen LogP contribution in [0, 0.1) is 0 Å². The van der Waals surface area contributed by atoms with Crippen LogP contribution in [0.5, 0.6) is 0 Å². The van der Waals surface area contributed by atoms with Gasteiger partial charge < -0.3 is 9.29 Å². The monoisotopic (exact) mass is 530 g/mol. The van der Waals surface area contributed by atoms with Crippen LogP contribution in [0.2, 0.25) is 0 Å². The van der Waals surface area contributed by atoms with Crippen molar-refractivity contribution in [1.29, 1.82) is 0 Å². The molecule has 0 bridgehead atoms. The lowest BCUT2D eigenvalue weighted by Crippen LogP contribution is -2.42. The molecule has 4 rings (SSSR count). The maximum absolute atomic E-state index is 12.9. The van der Waals surface area contributed by atoms with Crippen molar-refractivity contribution in [2.24, 2.45) is 0 Å². The van der Waals surface area contributed by atoms with E-state index in [0.717, 1.165) is 22.4 Å². The summed E-state index contributed by atoms with van der Waals surface area (Å²) in [6.45, 7) is 2.11. The van der Waals surface area contributed by atoms with E-state index >= 15 is 0 Å². The second kappa shape index (κ2) is 11.8. The van der Waals surface area contributed by atoms with Gasteiger partial charge in [0.05, 0.1) is 6.61 Å². The van der Waals surface area contributed by atoms with Gasteiger partial charge in [-0.25, -0.2) is 13.2 Å². The molecule has 2 aromatic carbocycles. The van der Waals surface area contributed by atoms with Gasteiger partial charge in [-0.3, -0.25) is 0 Å². The van der Waals surface area contributed by atoms with Crippen molar-refractivity contribution in [3.63, 3.8) is 0 Å². The summed E-state index contributed by atoms with van der Waals surface area (Å²) >= 11 is 0. The Morgan fingerprint density at radius 2 is 1.43 bits per heavy atom. The Bertz CT molecular complexity index is 1450. The Morgan fingerprint density at radius 1 is 0.892 bits per heavy atom. The smallest absolute Gasteiger partial charge is 0.485 e. The van der Waals surface area contributed by atoms with Gasteiger partial charge in [0, 0.05) is 17.7 Å². The van der Waals surface area contributed by atoms with Crippen LogP contribution in [0.3, 0.4) is 0 Å². The van der Waals surface area contributed by atoms with Crippen molar-refractivity contribution in [2.45, 2.75) is 12.4 Å². The molecule has 0 atom stereocenters. The highest BCUT2D eigenvalue weighted by Gasteiger charge is 2.37. The number of hydrogen-bond donors (Lipinski definition) is 0. The van der Waals surface area contributed by atoms with Gasteiger partial charge in [0.2, 0.25) is 5.69 Å². The zero-order chi connectivity index (χ0) is 27.1. The average Bonchev–Trinajstić information content (AvgIpc) is 2.89. The first kappa shape index (κ1) is 27.5. The van der Waals surface area contributed by atoms with E-state index in [1.165, 1.54) is 0 Å². The SMILES string of the molecule is CCOC(=O)c1cc(-c2ccccc2)cc(-c2ccccc2)[n+]1-c1ccccn1.O=S(=O)([O-])C(F)(F)F. The lowest BCUT2D eigenvalue weighted by molar-refractivity contribution is -0.591. The second-order valence-electron chi connectivity index (χ2n) is 7.39. The van der Waals surface area contributed by atoms with Crippen molar-refractivity contribution >= 4 is 16.1 Å². The van der Waals surface area contributed by atoms with Gasteiger partial charge in [0.15, 0.2) is 10.1 Å². The van der Waals surface area contributed by atoms with E-state index in [4.69, 9.17) is 17.7 Å². The maximum atomic E-state index is 12.9. The van der Waals surface area contributed by atoms with Gasteiger partial charge in [0.1, 0.15) is 11.9 Å². The lowest BCUT2D eigenvalue weighted by atomic mass is 10.0. The van der Waals surface area contributed by atoms with Crippen LogP contribution >= 0.6 is 0 Å². The van der Waals surface area contributed by atoms with Crippen molar-refractivity contribution < 1.29 is 40.2 Å². The third-order valence-corrected chi connectivity index (χ3v) is 5.46. The van der Waals surface area contributed by atoms with Gasteiger partial charge in [-0.05, 0) is 35.2 Å². The Balaban J connectivity index is 0.000000414. The highest BCUT2D eigenvalue weighted by atomic mass is 32.2. The van der Waals surface area contributed by atoms with E-state index in [9.17, 15) is 18.0 Å². The summed E-state index contributed by atoms with van der Waals surface area (Å²) in [5, 5.41) is 0. The summed E-state index contributed by atoms with van der Waals surface area (Å²) in [4.78, 5) is 17.4. The zero-order valence-electron chi connectivity index (χ0n) is 19.4. The number of pyridine rings is 2. The first-order valence-corrected chi connectivity index (χ1v) is 12.3. The molecule has 0 aliphatic rings. The number of aromatic nitrogens is 2. The fourth-order valence-corrected chi connectivity index (χ4v) is 3.30. The van der Waals surface area contributed by atoms with Crippen LogP contribution in [0.25, 0.3) is 28.2 Å². The molecule has 0 spiro atoms. The topological polar surface area (TPSA) is 100 Å². The average molecular weight is 531 g/mol. The molecular formula is C26H21F3N2O5S. The summed E-state index contributed by atoms with van der Waals surface area (Å²) in [6, 6.07) is 29.6. The third-order valence-electron chi connectivity index (χ3n) is 4.89. The van der Waals surface area contributed by atoms with E-state index in [1.54, 1.807) is 6.20 Å². The summed E-state index contributed by atoms with van der Waals surface area (Å²) in [6.07, 6.45) is 1.72. The molecule has 192 valence electrons. The number of carbonyl (C=O) groups is 1. The Hall–Kier alpha value is -4.09. The van der Waals surface area contributed by atoms with Crippen LogP contribution in [-0.2, 0) is 14.9 Å². The van der Waals surface area contributed by atoms with Crippen molar-refractivity contribution in [1.82, 2.24) is 4.98 Å². The molecule has 0 N–H and O–H groups in total. The minimum absolute atomic E-state index is 0.303. The number of rotatable bonds is 5. The van der Waals surface area contributed by atoms with Crippen molar-refractivity contribution in [3.8, 4) is 28.2 Å². The molecule has 11 heteroatoms. The third kappa shape index (κ3) is 6.99. The number of halogens is 3. The molecule has 2 aromatic heterocycles. The number of nitrogens with zero attached hydrogens (tertiary/aromatic N) is 2. The van der Waals surface area contributed by atoms with Gasteiger partial charge in [0.25, 0.3) is 0 Å². The predicted octanol–water partition coefficient (Wildman–Crippen LogP) is 4.92. The van der Waals surface area contributed by atoms with E-state index < -0.39 is 15.6 Å². The van der Waals surface area contributed by atoms with Crippen LogP contribution in [0.1, 0.15) is 17.4 Å². The van der Waals surface area contributed by atoms with Crippen LogP contribution in [0.15, 0.2) is 97.2 Å². The fraction of sp³-hybridized carbons (Fsp3) is 0.115. The minimum Gasteiger partial charge on any atom is -0.741 e.